The molecule has 0 bridgehead atoms. The van der Waals surface area contributed by atoms with E-state index in [0.717, 1.165) is 0 Å². The number of benzene rings is 3. The summed E-state index contributed by atoms with van der Waals surface area (Å²) in [5, 5.41) is -0.915. The maximum atomic E-state index is 12.3. The summed E-state index contributed by atoms with van der Waals surface area (Å²) in [4.78, 5) is 36.4. The number of rotatable bonds is 5. The molecule has 0 aliphatic heterocycles. The summed E-state index contributed by atoms with van der Waals surface area (Å²) in [6, 6.07) is 20.8. The molecule has 3 aromatic carbocycles. The van der Waals surface area contributed by atoms with Crippen molar-refractivity contribution in [1.82, 2.24) is 0 Å². The maximum absolute atomic E-state index is 12.3. The van der Waals surface area contributed by atoms with Crippen molar-refractivity contribution < 1.29 is 23.9 Å². The molecule has 3 rings (SSSR count). The summed E-state index contributed by atoms with van der Waals surface area (Å²) >= 11 is 5.65. The number of ether oxygens (including phenoxy) is 2. The molecular formula is C21H13ClO5. The lowest BCUT2D eigenvalue weighted by molar-refractivity contribution is 0.0730. The van der Waals surface area contributed by atoms with Crippen molar-refractivity contribution in [3.05, 3.63) is 95.6 Å². The number of esters is 2. The van der Waals surface area contributed by atoms with E-state index in [1.165, 1.54) is 18.2 Å². The van der Waals surface area contributed by atoms with E-state index in [2.05, 4.69) is 0 Å². The Morgan fingerprint density at radius 2 is 1.00 bits per heavy atom. The highest BCUT2D eigenvalue weighted by Crippen LogP contribution is 2.31. The van der Waals surface area contributed by atoms with E-state index in [9.17, 15) is 14.4 Å². The molecule has 0 radical (unpaired) electrons. The molecule has 0 saturated carbocycles. The number of carbonyl (C=O) groups is 3. The first kappa shape index (κ1) is 18.4. The van der Waals surface area contributed by atoms with Crippen LogP contribution in [0.5, 0.6) is 11.5 Å². The molecule has 3 aromatic rings. The molecule has 0 atom stereocenters. The first-order valence-electron chi connectivity index (χ1n) is 7.93. The zero-order chi connectivity index (χ0) is 19.2. The molecule has 0 N–H and O–H groups in total. The molecule has 0 spiro atoms. The van der Waals surface area contributed by atoms with Crippen molar-refractivity contribution in [2.45, 2.75) is 0 Å². The molecule has 5 nitrogen and oxygen atoms in total. The van der Waals surface area contributed by atoms with Crippen LogP contribution < -0.4 is 9.47 Å². The second kappa shape index (κ2) is 8.29. The van der Waals surface area contributed by atoms with Crippen LogP contribution in [0.3, 0.4) is 0 Å². The Morgan fingerprint density at radius 3 is 1.37 bits per heavy atom. The third kappa shape index (κ3) is 4.40. The van der Waals surface area contributed by atoms with Crippen LogP contribution in [-0.2, 0) is 0 Å². The van der Waals surface area contributed by atoms with E-state index in [4.69, 9.17) is 21.1 Å². The Morgan fingerprint density at radius 1 is 0.593 bits per heavy atom. The summed E-state index contributed by atoms with van der Waals surface area (Å²) in [6.45, 7) is 0. The highest BCUT2D eigenvalue weighted by atomic mass is 35.5. The van der Waals surface area contributed by atoms with Crippen molar-refractivity contribution in [1.29, 1.82) is 0 Å². The van der Waals surface area contributed by atoms with Gasteiger partial charge in [0.1, 0.15) is 17.1 Å². The van der Waals surface area contributed by atoms with Gasteiger partial charge in [-0.15, -0.1) is 0 Å². The third-order valence-electron chi connectivity index (χ3n) is 3.61. The van der Waals surface area contributed by atoms with E-state index in [0.29, 0.717) is 11.1 Å². The summed E-state index contributed by atoms with van der Waals surface area (Å²) in [7, 11) is 0. The summed E-state index contributed by atoms with van der Waals surface area (Å²) < 4.78 is 10.6. The lowest BCUT2D eigenvalue weighted by Gasteiger charge is -2.12. The summed E-state index contributed by atoms with van der Waals surface area (Å²) in [5.41, 5.74) is 0.405. The van der Waals surface area contributed by atoms with Crippen LogP contribution in [0.4, 0.5) is 0 Å². The minimum absolute atomic E-state index is 0.0952. The van der Waals surface area contributed by atoms with Gasteiger partial charge in [0.2, 0.25) is 0 Å². The van der Waals surface area contributed by atoms with Gasteiger partial charge in [-0.2, -0.15) is 0 Å². The van der Waals surface area contributed by atoms with Gasteiger partial charge in [0.15, 0.2) is 0 Å². The van der Waals surface area contributed by atoms with Crippen LogP contribution >= 0.6 is 11.6 Å². The Balaban J connectivity index is 1.90. The Bertz CT molecular complexity index is 912. The first-order valence-corrected chi connectivity index (χ1v) is 8.31. The van der Waals surface area contributed by atoms with Crippen LogP contribution in [0.15, 0.2) is 78.9 Å². The van der Waals surface area contributed by atoms with Crippen LogP contribution in [0, 0.1) is 0 Å². The highest BCUT2D eigenvalue weighted by Gasteiger charge is 2.22. The first-order chi connectivity index (χ1) is 13.1. The highest BCUT2D eigenvalue weighted by molar-refractivity contribution is 6.68. The number of halogens is 1. The van der Waals surface area contributed by atoms with E-state index in [1.807, 2.05) is 0 Å². The van der Waals surface area contributed by atoms with Crippen molar-refractivity contribution in [3.63, 3.8) is 0 Å². The molecule has 0 fully saturated rings. The topological polar surface area (TPSA) is 69.7 Å². The molecule has 0 aromatic heterocycles. The smallest absolute Gasteiger partial charge is 0.343 e. The molecule has 0 aliphatic carbocycles. The maximum Gasteiger partial charge on any atom is 0.343 e. The van der Waals surface area contributed by atoms with E-state index >= 15 is 0 Å². The molecule has 0 unspecified atom stereocenters. The summed E-state index contributed by atoms with van der Waals surface area (Å²) in [5.74, 6) is -1.52. The zero-order valence-corrected chi connectivity index (χ0v) is 14.7. The van der Waals surface area contributed by atoms with E-state index in [1.54, 1.807) is 60.7 Å². The molecule has 0 heterocycles. The van der Waals surface area contributed by atoms with Gasteiger partial charge in [0.25, 0.3) is 5.24 Å². The minimum Gasteiger partial charge on any atom is -0.422 e. The summed E-state index contributed by atoms with van der Waals surface area (Å²) in [6.07, 6.45) is 0. The number of hydrogen-bond donors (Lipinski definition) is 0. The average molecular weight is 381 g/mol. The van der Waals surface area contributed by atoms with Crippen LogP contribution in [0.1, 0.15) is 31.1 Å². The second-order valence-corrected chi connectivity index (χ2v) is 5.76. The van der Waals surface area contributed by atoms with Gasteiger partial charge in [-0.05, 0) is 48.0 Å². The third-order valence-corrected chi connectivity index (χ3v) is 3.80. The second-order valence-electron chi connectivity index (χ2n) is 5.41. The van der Waals surface area contributed by atoms with Gasteiger partial charge in [-0.3, -0.25) is 4.79 Å². The molecule has 27 heavy (non-hydrogen) atoms. The fourth-order valence-electron chi connectivity index (χ4n) is 2.34. The molecule has 0 amide bonds. The van der Waals surface area contributed by atoms with Gasteiger partial charge in [-0.1, -0.05) is 42.5 Å². The van der Waals surface area contributed by atoms with Gasteiger partial charge in [0.05, 0.1) is 11.1 Å². The molecule has 134 valence electrons. The standard InChI is InChI=1S/C21H13ClO5/c22-19(23)18-16(26-20(24)14-8-3-1-4-9-14)12-7-13-17(18)27-21(25)15-10-5-2-6-11-15/h1-13H. The predicted molar refractivity (Wildman–Crippen MR) is 99.4 cm³/mol. The van der Waals surface area contributed by atoms with E-state index in [-0.39, 0.29) is 17.1 Å². The monoisotopic (exact) mass is 380 g/mol. The fourth-order valence-corrected chi connectivity index (χ4v) is 2.53. The molecule has 6 heteroatoms. The Kier molecular flexibility index (Phi) is 5.64. The van der Waals surface area contributed by atoms with Gasteiger partial charge < -0.3 is 9.47 Å². The van der Waals surface area contributed by atoms with E-state index < -0.39 is 17.2 Å². The lowest BCUT2D eigenvalue weighted by atomic mass is 10.1. The molecular weight excluding hydrogens is 368 g/mol. The van der Waals surface area contributed by atoms with Crippen molar-refractivity contribution >= 4 is 28.8 Å². The number of carbonyl (C=O) groups excluding carboxylic acids is 3. The number of hydrogen-bond acceptors (Lipinski definition) is 5. The fraction of sp³-hybridized carbons (Fsp3) is 0. The van der Waals surface area contributed by atoms with Crippen molar-refractivity contribution in [2.24, 2.45) is 0 Å². The molecule has 0 saturated heterocycles. The zero-order valence-electron chi connectivity index (χ0n) is 13.9. The van der Waals surface area contributed by atoms with Crippen molar-refractivity contribution in [3.8, 4) is 11.5 Å². The SMILES string of the molecule is O=C(Oc1cccc(OC(=O)c2ccccc2)c1C(=O)Cl)c1ccccc1. The van der Waals surface area contributed by atoms with Crippen molar-refractivity contribution in [2.75, 3.05) is 0 Å². The minimum atomic E-state index is -0.915. The van der Waals surface area contributed by atoms with Gasteiger partial charge in [-0.25, -0.2) is 9.59 Å². The van der Waals surface area contributed by atoms with Crippen LogP contribution in [0.2, 0.25) is 0 Å². The lowest BCUT2D eigenvalue weighted by Crippen LogP contribution is -2.13. The van der Waals surface area contributed by atoms with Gasteiger partial charge >= 0.3 is 11.9 Å². The molecule has 0 aliphatic rings. The Labute approximate surface area is 160 Å². The average Bonchev–Trinajstić information content (AvgIpc) is 2.69. The normalized spacial score (nSPS) is 10.1. The Hall–Kier alpha value is -3.44. The van der Waals surface area contributed by atoms with Crippen LogP contribution in [-0.4, -0.2) is 17.2 Å². The quantitative estimate of drug-likeness (QED) is 0.370. The van der Waals surface area contributed by atoms with Crippen LogP contribution in [0.25, 0.3) is 0 Å². The largest absolute Gasteiger partial charge is 0.422 e. The van der Waals surface area contributed by atoms with Gasteiger partial charge in [0, 0.05) is 0 Å². The predicted octanol–water partition coefficient (Wildman–Crippen LogP) is 4.50.